The van der Waals surface area contributed by atoms with Gasteiger partial charge in [0.05, 0.1) is 25.7 Å². The summed E-state index contributed by atoms with van der Waals surface area (Å²) in [5.74, 6) is 0.262. The van der Waals surface area contributed by atoms with Crippen LogP contribution in [0.25, 0.3) is 5.69 Å². The molecule has 1 unspecified atom stereocenters. The fourth-order valence-electron chi connectivity index (χ4n) is 3.91. The van der Waals surface area contributed by atoms with Crippen molar-refractivity contribution in [2.75, 3.05) is 26.7 Å². The van der Waals surface area contributed by atoms with E-state index in [1.165, 1.54) is 18.3 Å². The topological polar surface area (TPSA) is 59.4 Å². The Morgan fingerprint density at radius 1 is 1.20 bits per heavy atom. The molecule has 0 aliphatic carbocycles. The van der Waals surface area contributed by atoms with Crippen LogP contribution in [0.1, 0.15) is 34.9 Å². The summed E-state index contributed by atoms with van der Waals surface area (Å²) in [7, 11) is 1.66. The number of carbonyl (C=O) groups is 1. The predicted molar refractivity (Wildman–Crippen MR) is 112 cm³/mol. The van der Waals surface area contributed by atoms with E-state index in [0.717, 1.165) is 37.2 Å². The van der Waals surface area contributed by atoms with Crippen molar-refractivity contribution in [3.8, 4) is 11.4 Å². The van der Waals surface area contributed by atoms with Gasteiger partial charge in [0.15, 0.2) is 0 Å². The first-order valence-electron chi connectivity index (χ1n) is 10.1. The van der Waals surface area contributed by atoms with E-state index in [4.69, 9.17) is 4.74 Å². The molecule has 1 aliphatic rings. The number of rotatable bonds is 7. The molecule has 0 spiro atoms. The van der Waals surface area contributed by atoms with Gasteiger partial charge >= 0.3 is 0 Å². The van der Waals surface area contributed by atoms with Gasteiger partial charge in [-0.1, -0.05) is 12.1 Å². The predicted octanol–water partition coefficient (Wildman–Crippen LogP) is 3.59. The molecule has 0 bridgehead atoms. The SMILES string of the molecule is COc1cccc(C(CNC(=O)c2cncn2-c2ccc(F)cc2)N2CCCC2)c1. The Balaban J connectivity index is 1.52. The summed E-state index contributed by atoms with van der Waals surface area (Å²) in [5, 5.41) is 3.06. The molecule has 1 saturated heterocycles. The van der Waals surface area contributed by atoms with Crippen molar-refractivity contribution in [2.45, 2.75) is 18.9 Å². The van der Waals surface area contributed by atoms with E-state index in [1.54, 1.807) is 30.1 Å². The van der Waals surface area contributed by atoms with E-state index in [9.17, 15) is 9.18 Å². The average Bonchev–Trinajstić information content (AvgIpc) is 3.47. The van der Waals surface area contributed by atoms with Gasteiger partial charge in [-0.3, -0.25) is 14.3 Å². The maximum absolute atomic E-state index is 13.2. The molecule has 4 rings (SSSR count). The number of hydrogen-bond acceptors (Lipinski definition) is 4. The minimum absolute atomic E-state index is 0.0637. The van der Waals surface area contributed by atoms with Crippen LogP contribution in [-0.4, -0.2) is 47.1 Å². The summed E-state index contributed by atoms with van der Waals surface area (Å²) in [5.41, 5.74) is 2.21. The van der Waals surface area contributed by atoms with Gasteiger partial charge in [-0.05, 0) is 67.9 Å². The Kier molecular flexibility index (Phi) is 6.09. The zero-order valence-corrected chi connectivity index (χ0v) is 16.9. The minimum Gasteiger partial charge on any atom is -0.497 e. The summed E-state index contributed by atoms with van der Waals surface area (Å²) in [6.07, 6.45) is 5.40. The molecule has 1 aromatic heterocycles. The first kappa shape index (κ1) is 20.1. The number of hydrogen-bond donors (Lipinski definition) is 1. The molecule has 7 heteroatoms. The molecule has 0 saturated carbocycles. The maximum atomic E-state index is 13.2. The van der Waals surface area contributed by atoms with Crippen LogP contribution in [0.5, 0.6) is 5.75 Å². The van der Waals surface area contributed by atoms with Gasteiger partial charge in [-0.25, -0.2) is 9.37 Å². The van der Waals surface area contributed by atoms with Gasteiger partial charge in [0.2, 0.25) is 0 Å². The highest BCUT2D eigenvalue weighted by molar-refractivity contribution is 5.93. The fraction of sp³-hybridized carbons (Fsp3) is 0.304. The summed E-state index contributed by atoms with van der Waals surface area (Å²) >= 11 is 0. The standard InChI is InChI=1S/C23H25FN4O2/c1-30-20-6-4-5-17(13-20)21(27-11-2-3-12-27)15-26-23(29)22-14-25-16-28(22)19-9-7-18(24)8-10-19/h4-10,13-14,16,21H,2-3,11-12,15H2,1H3,(H,26,29). The fourth-order valence-corrected chi connectivity index (χ4v) is 3.91. The molecular weight excluding hydrogens is 383 g/mol. The number of nitrogens with one attached hydrogen (secondary N) is 1. The lowest BCUT2D eigenvalue weighted by Gasteiger charge is -2.28. The number of amides is 1. The normalized spacial score (nSPS) is 15.1. The van der Waals surface area contributed by atoms with E-state index < -0.39 is 0 Å². The Morgan fingerprint density at radius 2 is 1.97 bits per heavy atom. The molecule has 156 valence electrons. The minimum atomic E-state index is -0.323. The number of likely N-dealkylation sites (tertiary alicyclic amines) is 1. The first-order valence-corrected chi connectivity index (χ1v) is 10.1. The number of methoxy groups -OCH3 is 1. The van der Waals surface area contributed by atoms with Crippen molar-refractivity contribution in [2.24, 2.45) is 0 Å². The van der Waals surface area contributed by atoms with Crippen LogP contribution in [0, 0.1) is 5.82 Å². The van der Waals surface area contributed by atoms with E-state index in [0.29, 0.717) is 17.9 Å². The molecule has 2 aromatic carbocycles. The van der Waals surface area contributed by atoms with Crippen LogP contribution in [0.2, 0.25) is 0 Å². The summed E-state index contributed by atoms with van der Waals surface area (Å²) in [6, 6.07) is 14.0. The zero-order chi connectivity index (χ0) is 20.9. The van der Waals surface area contributed by atoms with Gasteiger partial charge in [0.1, 0.15) is 17.3 Å². The molecule has 1 amide bonds. The number of ether oxygens (including phenoxy) is 1. The van der Waals surface area contributed by atoms with Crippen LogP contribution < -0.4 is 10.1 Å². The van der Waals surface area contributed by atoms with E-state index in [2.05, 4.69) is 21.3 Å². The van der Waals surface area contributed by atoms with Crippen LogP contribution in [-0.2, 0) is 0 Å². The molecule has 1 fully saturated rings. The second kappa shape index (κ2) is 9.09. The van der Waals surface area contributed by atoms with Crippen molar-refractivity contribution < 1.29 is 13.9 Å². The number of nitrogens with zero attached hydrogens (tertiary/aromatic N) is 3. The quantitative estimate of drug-likeness (QED) is 0.649. The average molecular weight is 408 g/mol. The smallest absolute Gasteiger partial charge is 0.269 e. The van der Waals surface area contributed by atoms with E-state index in [-0.39, 0.29) is 17.8 Å². The Bertz CT molecular complexity index is 996. The van der Waals surface area contributed by atoms with Crippen molar-refractivity contribution in [1.82, 2.24) is 19.8 Å². The molecule has 1 N–H and O–H groups in total. The van der Waals surface area contributed by atoms with Gasteiger partial charge in [0, 0.05) is 12.2 Å². The third-order valence-electron chi connectivity index (χ3n) is 5.49. The molecule has 6 nitrogen and oxygen atoms in total. The van der Waals surface area contributed by atoms with Crippen LogP contribution >= 0.6 is 0 Å². The molecule has 3 aromatic rings. The van der Waals surface area contributed by atoms with Gasteiger partial charge < -0.3 is 10.1 Å². The number of imidazole rings is 1. The number of benzene rings is 2. The lowest BCUT2D eigenvalue weighted by Crippen LogP contribution is -2.37. The first-order chi connectivity index (χ1) is 14.7. The molecule has 1 aliphatic heterocycles. The second-order valence-corrected chi connectivity index (χ2v) is 7.37. The van der Waals surface area contributed by atoms with Crippen molar-refractivity contribution >= 4 is 5.91 Å². The largest absolute Gasteiger partial charge is 0.497 e. The zero-order valence-electron chi connectivity index (χ0n) is 16.9. The third kappa shape index (κ3) is 4.36. The van der Waals surface area contributed by atoms with Crippen molar-refractivity contribution in [3.63, 3.8) is 0 Å². The highest BCUT2D eigenvalue weighted by Crippen LogP contribution is 2.27. The lowest BCUT2D eigenvalue weighted by atomic mass is 10.0. The maximum Gasteiger partial charge on any atom is 0.269 e. The molecule has 0 radical (unpaired) electrons. The van der Waals surface area contributed by atoms with Gasteiger partial charge in [-0.2, -0.15) is 0 Å². The number of halogens is 1. The summed E-state index contributed by atoms with van der Waals surface area (Å²) < 4.78 is 20.3. The van der Waals surface area contributed by atoms with E-state index in [1.807, 2.05) is 18.2 Å². The van der Waals surface area contributed by atoms with Crippen molar-refractivity contribution in [1.29, 1.82) is 0 Å². The molecule has 2 heterocycles. The highest BCUT2D eigenvalue weighted by atomic mass is 19.1. The summed E-state index contributed by atoms with van der Waals surface area (Å²) in [4.78, 5) is 19.5. The van der Waals surface area contributed by atoms with Crippen LogP contribution in [0.15, 0.2) is 61.1 Å². The van der Waals surface area contributed by atoms with Gasteiger partial charge in [0.25, 0.3) is 5.91 Å². The monoisotopic (exact) mass is 408 g/mol. The number of carbonyl (C=O) groups excluding carboxylic acids is 1. The van der Waals surface area contributed by atoms with Crippen LogP contribution in [0.3, 0.4) is 0 Å². The Hall–Kier alpha value is -3.19. The summed E-state index contributed by atoms with van der Waals surface area (Å²) in [6.45, 7) is 2.48. The molecule has 1 atom stereocenters. The van der Waals surface area contributed by atoms with Gasteiger partial charge in [-0.15, -0.1) is 0 Å². The van der Waals surface area contributed by atoms with Crippen molar-refractivity contribution in [3.05, 3.63) is 78.1 Å². The van der Waals surface area contributed by atoms with E-state index >= 15 is 0 Å². The van der Waals surface area contributed by atoms with Crippen LogP contribution in [0.4, 0.5) is 4.39 Å². The Morgan fingerprint density at radius 3 is 2.70 bits per heavy atom. The molecular formula is C23H25FN4O2. The lowest BCUT2D eigenvalue weighted by molar-refractivity contribution is 0.0931. The highest BCUT2D eigenvalue weighted by Gasteiger charge is 2.25. The third-order valence-corrected chi connectivity index (χ3v) is 5.49. The second-order valence-electron chi connectivity index (χ2n) is 7.37. The number of aromatic nitrogens is 2. The molecule has 30 heavy (non-hydrogen) atoms. The Labute approximate surface area is 175 Å².